The van der Waals surface area contributed by atoms with Gasteiger partial charge in [0.15, 0.2) is 0 Å². The first-order chi connectivity index (χ1) is 18.3. The predicted molar refractivity (Wildman–Crippen MR) is 155 cm³/mol. The van der Waals surface area contributed by atoms with Gasteiger partial charge in [0.2, 0.25) is 0 Å². The Hall–Kier alpha value is -4.95. The molecular formula is C35H24N2. The van der Waals surface area contributed by atoms with Crippen LogP contribution < -0.4 is 0 Å². The van der Waals surface area contributed by atoms with Gasteiger partial charge in [0, 0.05) is 27.6 Å². The summed E-state index contributed by atoms with van der Waals surface area (Å²) in [4.78, 5) is 5.05. The highest BCUT2D eigenvalue weighted by Crippen LogP contribution is 2.35. The van der Waals surface area contributed by atoms with Gasteiger partial charge in [0.05, 0.1) is 22.4 Å². The molecule has 0 saturated carbocycles. The number of fused-ring (bicyclic) bond motifs is 3. The minimum Gasteiger partial charge on any atom is -0.309 e. The zero-order valence-corrected chi connectivity index (χ0v) is 20.3. The van der Waals surface area contributed by atoms with E-state index in [9.17, 15) is 0 Å². The SMILES string of the molecule is c1ccc(-c2cc(-c3cccc(-n4c5ccccc5c5ccccc54)c3)cc(-c3ccccc3)n2)cc1. The molecule has 174 valence electrons. The number of benzene rings is 5. The van der Waals surface area contributed by atoms with E-state index in [0.717, 1.165) is 39.3 Å². The van der Waals surface area contributed by atoms with E-state index in [4.69, 9.17) is 4.98 Å². The number of hydrogen-bond acceptors (Lipinski definition) is 1. The van der Waals surface area contributed by atoms with E-state index in [1.165, 1.54) is 21.8 Å². The molecule has 7 aromatic rings. The van der Waals surface area contributed by atoms with Crippen molar-refractivity contribution in [3.05, 3.63) is 146 Å². The third-order valence-electron chi connectivity index (χ3n) is 6.98. The van der Waals surface area contributed by atoms with Gasteiger partial charge in [0.25, 0.3) is 0 Å². The van der Waals surface area contributed by atoms with Crippen LogP contribution in [-0.2, 0) is 0 Å². The zero-order chi connectivity index (χ0) is 24.6. The molecule has 0 amide bonds. The van der Waals surface area contributed by atoms with Crippen molar-refractivity contribution in [1.29, 1.82) is 0 Å². The topological polar surface area (TPSA) is 17.8 Å². The zero-order valence-electron chi connectivity index (χ0n) is 20.3. The van der Waals surface area contributed by atoms with Crippen LogP contribution in [0.15, 0.2) is 146 Å². The molecule has 2 nitrogen and oxygen atoms in total. The maximum absolute atomic E-state index is 5.05. The van der Waals surface area contributed by atoms with Crippen LogP contribution in [0.4, 0.5) is 0 Å². The molecule has 0 aliphatic rings. The molecule has 0 radical (unpaired) electrons. The number of nitrogens with zero attached hydrogens (tertiary/aromatic N) is 2. The average molecular weight is 473 g/mol. The third-order valence-corrected chi connectivity index (χ3v) is 6.98. The first-order valence-corrected chi connectivity index (χ1v) is 12.6. The molecular weight excluding hydrogens is 448 g/mol. The second-order valence-corrected chi connectivity index (χ2v) is 9.28. The van der Waals surface area contributed by atoms with Gasteiger partial charge in [-0.3, -0.25) is 0 Å². The van der Waals surface area contributed by atoms with Crippen LogP contribution in [0.5, 0.6) is 0 Å². The Morgan fingerprint density at radius 2 is 0.865 bits per heavy atom. The van der Waals surface area contributed by atoms with E-state index in [0.29, 0.717) is 0 Å². The summed E-state index contributed by atoms with van der Waals surface area (Å²) in [5.41, 5.74) is 10.1. The largest absolute Gasteiger partial charge is 0.309 e. The first-order valence-electron chi connectivity index (χ1n) is 12.6. The Kier molecular flexibility index (Phi) is 5.15. The number of pyridine rings is 1. The van der Waals surface area contributed by atoms with Crippen molar-refractivity contribution in [2.24, 2.45) is 0 Å². The summed E-state index contributed by atoms with van der Waals surface area (Å²) in [6, 6.07) is 51.3. The van der Waals surface area contributed by atoms with Crippen molar-refractivity contribution >= 4 is 21.8 Å². The molecule has 0 fully saturated rings. The van der Waals surface area contributed by atoms with Gasteiger partial charge < -0.3 is 4.57 Å². The Morgan fingerprint density at radius 1 is 0.378 bits per heavy atom. The minimum absolute atomic E-state index is 0.971. The number of rotatable bonds is 4. The highest BCUT2D eigenvalue weighted by Gasteiger charge is 2.13. The standard InChI is InChI=1S/C35H24N2/c1-3-12-25(13-4-1)32-23-28(24-33(36-32)26-14-5-2-6-15-26)27-16-11-17-29(22-27)37-34-20-9-7-18-30(34)31-19-8-10-21-35(31)37/h1-24H. The van der Waals surface area contributed by atoms with E-state index >= 15 is 0 Å². The van der Waals surface area contributed by atoms with Crippen molar-refractivity contribution < 1.29 is 0 Å². The normalized spacial score (nSPS) is 11.2. The summed E-state index contributed by atoms with van der Waals surface area (Å²) in [6.07, 6.45) is 0. The van der Waals surface area contributed by atoms with E-state index in [1.54, 1.807) is 0 Å². The lowest BCUT2D eigenvalue weighted by Gasteiger charge is -2.13. The maximum Gasteiger partial charge on any atom is 0.0715 e. The van der Waals surface area contributed by atoms with Crippen molar-refractivity contribution in [2.75, 3.05) is 0 Å². The number of hydrogen-bond donors (Lipinski definition) is 0. The minimum atomic E-state index is 0.971. The fourth-order valence-electron chi connectivity index (χ4n) is 5.24. The predicted octanol–water partition coefficient (Wildman–Crippen LogP) is 9.18. The Labute approximate surface area is 216 Å². The molecule has 2 aromatic heterocycles. The van der Waals surface area contributed by atoms with Gasteiger partial charge in [-0.1, -0.05) is 109 Å². The summed E-state index contributed by atoms with van der Waals surface area (Å²) >= 11 is 0. The van der Waals surface area contributed by atoms with Gasteiger partial charge in [-0.25, -0.2) is 4.98 Å². The molecule has 0 atom stereocenters. The van der Waals surface area contributed by atoms with E-state index < -0.39 is 0 Å². The Balaban J connectivity index is 1.44. The van der Waals surface area contributed by atoms with Crippen LogP contribution in [0, 0.1) is 0 Å². The second kappa shape index (κ2) is 8.92. The number of aromatic nitrogens is 2. The summed E-state index contributed by atoms with van der Waals surface area (Å²) in [7, 11) is 0. The van der Waals surface area contributed by atoms with Gasteiger partial charge in [0.1, 0.15) is 0 Å². The van der Waals surface area contributed by atoms with Crippen LogP contribution in [-0.4, -0.2) is 9.55 Å². The average Bonchev–Trinajstić information content (AvgIpc) is 3.32. The highest BCUT2D eigenvalue weighted by molar-refractivity contribution is 6.09. The van der Waals surface area contributed by atoms with Crippen LogP contribution >= 0.6 is 0 Å². The van der Waals surface area contributed by atoms with E-state index in [2.05, 4.69) is 138 Å². The van der Waals surface area contributed by atoms with Crippen LogP contribution in [0.2, 0.25) is 0 Å². The van der Waals surface area contributed by atoms with E-state index in [-0.39, 0.29) is 0 Å². The molecule has 0 aliphatic carbocycles. The lowest BCUT2D eigenvalue weighted by molar-refractivity contribution is 1.18. The van der Waals surface area contributed by atoms with Crippen molar-refractivity contribution in [2.45, 2.75) is 0 Å². The molecule has 7 rings (SSSR count). The van der Waals surface area contributed by atoms with Crippen molar-refractivity contribution in [1.82, 2.24) is 9.55 Å². The lowest BCUT2D eigenvalue weighted by atomic mass is 9.99. The van der Waals surface area contributed by atoms with Gasteiger partial charge >= 0.3 is 0 Å². The summed E-state index contributed by atoms with van der Waals surface area (Å²) in [5, 5.41) is 2.54. The fraction of sp³-hybridized carbons (Fsp3) is 0. The molecule has 2 heterocycles. The molecule has 0 saturated heterocycles. The van der Waals surface area contributed by atoms with Crippen molar-refractivity contribution in [3.63, 3.8) is 0 Å². The second-order valence-electron chi connectivity index (χ2n) is 9.28. The maximum atomic E-state index is 5.05. The summed E-state index contributed by atoms with van der Waals surface area (Å²) < 4.78 is 2.37. The molecule has 0 spiro atoms. The van der Waals surface area contributed by atoms with Crippen LogP contribution in [0.1, 0.15) is 0 Å². The first kappa shape index (κ1) is 21.3. The van der Waals surface area contributed by atoms with Gasteiger partial charge in [-0.05, 0) is 47.5 Å². The Morgan fingerprint density at radius 3 is 1.43 bits per heavy atom. The number of para-hydroxylation sites is 2. The monoisotopic (exact) mass is 472 g/mol. The molecule has 0 N–H and O–H groups in total. The van der Waals surface area contributed by atoms with Crippen LogP contribution in [0.3, 0.4) is 0 Å². The smallest absolute Gasteiger partial charge is 0.0715 e. The third kappa shape index (κ3) is 3.80. The van der Waals surface area contributed by atoms with E-state index in [1.807, 2.05) is 12.1 Å². The summed E-state index contributed by atoms with van der Waals surface area (Å²) in [6.45, 7) is 0. The highest BCUT2D eigenvalue weighted by atomic mass is 15.0. The molecule has 2 heteroatoms. The van der Waals surface area contributed by atoms with Gasteiger partial charge in [-0.15, -0.1) is 0 Å². The lowest BCUT2D eigenvalue weighted by Crippen LogP contribution is -1.95. The molecule has 37 heavy (non-hydrogen) atoms. The molecule has 5 aromatic carbocycles. The molecule has 0 bridgehead atoms. The summed E-state index contributed by atoms with van der Waals surface area (Å²) in [5.74, 6) is 0. The fourth-order valence-corrected chi connectivity index (χ4v) is 5.24. The Bertz CT molecular complexity index is 1750. The quantitative estimate of drug-likeness (QED) is 0.250. The molecule has 0 unspecified atom stereocenters. The van der Waals surface area contributed by atoms with Gasteiger partial charge in [-0.2, -0.15) is 0 Å². The molecule has 0 aliphatic heterocycles. The van der Waals surface area contributed by atoms with Crippen LogP contribution in [0.25, 0.3) is 61.1 Å². The van der Waals surface area contributed by atoms with Crippen molar-refractivity contribution in [3.8, 4) is 39.3 Å².